The average molecular weight is 545 g/mol. The smallest absolute Gasteiger partial charge is 0.256 e. The van der Waals surface area contributed by atoms with Gasteiger partial charge in [-0.3, -0.25) is 14.7 Å². The van der Waals surface area contributed by atoms with Crippen LogP contribution in [-0.4, -0.2) is 71.1 Å². The van der Waals surface area contributed by atoms with E-state index in [2.05, 4.69) is 53.5 Å². The molecule has 3 aromatic rings. The maximum absolute atomic E-state index is 13.1. The number of ether oxygens (including phenoxy) is 1. The highest BCUT2D eigenvalue weighted by Gasteiger charge is 2.29. The quantitative estimate of drug-likeness (QED) is 0.400. The number of aromatic nitrogens is 2. The zero-order chi connectivity index (χ0) is 28.3. The standard InChI is InChI=1S/C31H40N6O3/c1-31(2,3)23-9-7-22(8-10-23)30(39)33-29-26-19-37(20-27(26)34-35-29)28(38)17-21-5-11-25(12-6-21)40-16-13-24-18-36(4)15-14-32-24/h5-12,24,32H,13-20H2,1-4H3,(H2,33,34,35,39). The summed E-state index contributed by atoms with van der Waals surface area (Å²) in [5, 5.41) is 13.7. The number of nitrogens with one attached hydrogen (secondary N) is 3. The van der Waals surface area contributed by atoms with Crippen LogP contribution in [0.4, 0.5) is 5.82 Å². The molecule has 2 amide bonds. The Bertz CT molecular complexity index is 1330. The summed E-state index contributed by atoms with van der Waals surface area (Å²) < 4.78 is 5.93. The van der Waals surface area contributed by atoms with Gasteiger partial charge in [-0.15, -0.1) is 0 Å². The number of aromatic amines is 1. The number of anilines is 1. The molecule has 1 fully saturated rings. The second kappa shape index (κ2) is 11.8. The molecule has 5 rings (SSSR count). The number of H-pyrrole nitrogens is 1. The molecule has 1 aromatic heterocycles. The van der Waals surface area contributed by atoms with E-state index < -0.39 is 0 Å². The maximum atomic E-state index is 13.1. The molecule has 2 aromatic carbocycles. The highest BCUT2D eigenvalue weighted by atomic mass is 16.5. The maximum Gasteiger partial charge on any atom is 0.256 e. The van der Waals surface area contributed by atoms with Crippen molar-refractivity contribution in [3.05, 3.63) is 76.5 Å². The van der Waals surface area contributed by atoms with Crippen LogP contribution in [0.3, 0.4) is 0 Å². The minimum Gasteiger partial charge on any atom is -0.494 e. The number of fused-ring (bicyclic) bond motifs is 1. The molecule has 1 saturated heterocycles. The number of nitrogens with zero attached hydrogens (tertiary/aromatic N) is 3. The van der Waals surface area contributed by atoms with Gasteiger partial charge in [0.1, 0.15) is 5.75 Å². The molecule has 0 saturated carbocycles. The Morgan fingerprint density at radius 1 is 1.07 bits per heavy atom. The van der Waals surface area contributed by atoms with Crippen molar-refractivity contribution in [1.82, 2.24) is 25.3 Å². The van der Waals surface area contributed by atoms with E-state index in [1.807, 2.05) is 48.5 Å². The molecular formula is C31H40N6O3. The molecule has 9 nitrogen and oxygen atoms in total. The molecule has 9 heteroatoms. The van der Waals surface area contributed by atoms with Crippen LogP contribution >= 0.6 is 0 Å². The summed E-state index contributed by atoms with van der Waals surface area (Å²) in [4.78, 5) is 30.0. The van der Waals surface area contributed by atoms with Gasteiger partial charge in [-0.05, 0) is 54.3 Å². The topological polar surface area (TPSA) is 103 Å². The molecule has 1 unspecified atom stereocenters. The third kappa shape index (κ3) is 6.71. The lowest BCUT2D eigenvalue weighted by Gasteiger charge is -2.30. The molecule has 3 N–H and O–H groups in total. The van der Waals surface area contributed by atoms with Crippen molar-refractivity contribution in [2.45, 2.75) is 58.2 Å². The summed E-state index contributed by atoms with van der Waals surface area (Å²) >= 11 is 0. The Balaban J connectivity index is 1.10. The number of hydrogen-bond donors (Lipinski definition) is 3. The van der Waals surface area contributed by atoms with Gasteiger partial charge < -0.3 is 25.2 Å². The van der Waals surface area contributed by atoms with Gasteiger partial charge in [0.25, 0.3) is 5.91 Å². The first kappa shape index (κ1) is 27.9. The summed E-state index contributed by atoms with van der Waals surface area (Å²) in [6, 6.07) is 15.9. The summed E-state index contributed by atoms with van der Waals surface area (Å²) in [5.41, 5.74) is 4.41. The second-order valence-corrected chi connectivity index (χ2v) is 11.9. The van der Waals surface area contributed by atoms with Crippen molar-refractivity contribution in [3.8, 4) is 5.75 Å². The van der Waals surface area contributed by atoms with Crippen molar-refractivity contribution in [1.29, 1.82) is 0 Å². The molecule has 212 valence electrons. The van der Waals surface area contributed by atoms with E-state index in [1.54, 1.807) is 4.90 Å². The number of benzene rings is 2. The Morgan fingerprint density at radius 2 is 1.82 bits per heavy atom. The Kier molecular flexibility index (Phi) is 8.23. The van der Waals surface area contributed by atoms with Crippen LogP contribution in [0.1, 0.15) is 59.9 Å². The molecule has 2 aliphatic rings. The van der Waals surface area contributed by atoms with E-state index in [4.69, 9.17) is 4.74 Å². The lowest BCUT2D eigenvalue weighted by Crippen LogP contribution is -2.49. The largest absolute Gasteiger partial charge is 0.494 e. The van der Waals surface area contributed by atoms with Gasteiger partial charge in [-0.25, -0.2) is 0 Å². The monoisotopic (exact) mass is 544 g/mol. The first-order chi connectivity index (χ1) is 19.2. The van der Waals surface area contributed by atoms with Gasteiger partial charge in [-0.1, -0.05) is 45.0 Å². The summed E-state index contributed by atoms with van der Waals surface area (Å²) in [5.74, 6) is 1.10. The number of likely N-dealkylation sites (N-methyl/N-ethyl adjacent to an activating group) is 1. The van der Waals surface area contributed by atoms with E-state index >= 15 is 0 Å². The molecule has 40 heavy (non-hydrogen) atoms. The summed E-state index contributed by atoms with van der Waals surface area (Å²) in [7, 11) is 2.15. The minimum absolute atomic E-state index is 0.0215. The molecule has 2 aliphatic heterocycles. The predicted molar refractivity (Wildman–Crippen MR) is 155 cm³/mol. The fourth-order valence-corrected chi connectivity index (χ4v) is 5.21. The van der Waals surface area contributed by atoms with Crippen LogP contribution in [0.25, 0.3) is 0 Å². The van der Waals surface area contributed by atoms with Crippen molar-refractivity contribution < 1.29 is 14.3 Å². The van der Waals surface area contributed by atoms with Gasteiger partial charge in [0.2, 0.25) is 5.91 Å². The second-order valence-electron chi connectivity index (χ2n) is 11.9. The van der Waals surface area contributed by atoms with Crippen LogP contribution in [0.15, 0.2) is 48.5 Å². The molecule has 1 atom stereocenters. The Hall–Kier alpha value is -3.69. The number of carbonyl (C=O) groups excluding carboxylic acids is 2. The van der Waals surface area contributed by atoms with E-state index in [0.29, 0.717) is 43.5 Å². The summed E-state index contributed by atoms with van der Waals surface area (Å²) in [6.45, 7) is 11.1. The summed E-state index contributed by atoms with van der Waals surface area (Å²) in [6.07, 6.45) is 1.26. The Morgan fingerprint density at radius 3 is 2.52 bits per heavy atom. The fourth-order valence-electron chi connectivity index (χ4n) is 5.21. The van der Waals surface area contributed by atoms with Crippen LogP contribution in [-0.2, 0) is 29.7 Å². The van der Waals surface area contributed by atoms with E-state index in [-0.39, 0.29) is 17.2 Å². The Labute approximate surface area is 236 Å². The molecule has 0 bridgehead atoms. The lowest BCUT2D eigenvalue weighted by molar-refractivity contribution is -0.131. The number of carbonyl (C=O) groups is 2. The number of amides is 2. The molecule has 0 spiro atoms. The fraction of sp³-hybridized carbons (Fsp3) is 0.452. The van der Waals surface area contributed by atoms with Crippen molar-refractivity contribution in [2.75, 3.05) is 38.6 Å². The third-order valence-electron chi connectivity index (χ3n) is 7.72. The first-order valence-electron chi connectivity index (χ1n) is 14.0. The zero-order valence-electron chi connectivity index (χ0n) is 23.9. The van der Waals surface area contributed by atoms with Crippen molar-refractivity contribution in [2.24, 2.45) is 0 Å². The minimum atomic E-state index is -0.218. The zero-order valence-corrected chi connectivity index (χ0v) is 23.9. The lowest BCUT2D eigenvalue weighted by atomic mass is 9.87. The van der Waals surface area contributed by atoms with Crippen LogP contribution in [0.2, 0.25) is 0 Å². The predicted octanol–water partition coefficient (Wildman–Crippen LogP) is 3.72. The van der Waals surface area contributed by atoms with Crippen LogP contribution < -0.4 is 15.4 Å². The molecule has 0 radical (unpaired) electrons. The number of rotatable bonds is 8. The highest BCUT2D eigenvalue weighted by molar-refractivity contribution is 6.04. The van der Waals surface area contributed by atoms with E-state index in [1.165, 1.54) is 5.56 Å². The number of piperazine rings is 1. The van der Waals surface area contributed by atoms with Gasteiger partial charge in [0.15, 0.2) is 5.82 Å². The van der Waals surface area contributed by atoms with Crippen LogP contribution in [0, 0.1) is 0 Å². The third-order valence-corrected chi connectivity index (χ3v) is 7.72. The van der Waals surface area contributed by atoms with Crippen molar-refractivity contribution in [3.63, 3.8) is 0 Å². The molecule has 3 heterocycles. The average Bonchev–Trinajstić information content (AvgIpc) is 3.51. The van der Waals surface area contributed by atoms with Gasteiger partial charge in [-0.2, -0.15) is 5.10 Å². The number of hydrogen-bond acceptors (Lipinski definition) is 6. The van der Waals surface area contributed by atoms with E-state index in [0.717, 1.165) is 48.6 Å². The van der Waals surface area contributed by atoms with Crippen molar-refractivity contribution >= 4 is 17.6 Å². The highest BCUT2D eigenvalue weighted by Crippen LogP contribution is 2.28. The van der Waals surface area contributed by atoms with Gasteiger partial charge >= 0.3 is 0 Å². The van der Waals surface area contributed by atoms with Gasteiger partial charge in [0, 0.05) is 36.8 Å². The first-order valence-corrected chi connectivity index (χ1v) is 14.0. The molecule has 0 aliphatic carbocycles. The van der Waals surface area contributed by atoms with E-state index in [9.17, 15) is 9.59 Å². The SMILES string of the molecule is CN1CCNC(CCOc2ccc(CC(=O)N3Cc4[nH]nc(NC(=O)c5ccc(C(C)(C)C)cc5)c4C3)cc2)C1. The van der Waals surface area contributed by atoms with Gasteiger partial charge in [0.05, 0.1) is 31.8 Å². The van der Waals surface area contributed by atoms with Crippen LogP contribution in [0.5, 0.6) is 5.75 Å². The molecular weight excluding hydrogens is 504 g/mol. The normalized spacial score (nSPS) is 17.5.